The van der Waals surface area contributed by atoms with Gasteiger partial charge in [0.2, 0.25) is 11.8 Å². The van der Waals surface area contributed by atoms with E-state index in [-0.39, 0.29) is 17.9 Å². The summed E-state index contributed by atoms with van der Waals surface area (Å²) in [7, 11) is 0. The summed E-state index contributed by atoms with van der Waals surface area (Å²) < 4.78 is 0. The second kappa shape index (κ2) is 6.99. The van der Waals surface area contributed by atoms with Gasteiger partial charge in [-0.3, -0.25) is 9.59 Å². The number of nitrogens with zero attached hydrogens (tertiary/aromatic N) is 2. The minimum absolute atomic E-state index is 0.00416. The highest BCUT2D eigenvalue weighted by atomic mass is 16.2. The Morgan fingerprint density at radius 2 is 2.11 bits per heavy atom. The van der Waals surface area contributed by atoms with Crippen LogP contribution < -0.4 is 0 Å². The summed E-state index contributed by atoms with van der Waals surface area (Å²) in [5, 5.41) is 0. The van der Waals surface area contributed by atoms with E-state index in [0.717, 1.165) is 12.8 Å². The highest BCUT2D eigenvalue weighted by Gasteiger charge is 2.35. The molecule has 1 aliphatic heterocycles. The zero-order valence-corrected chi connectivity index (χ0v) is 11.1. The van der Waals surface area contributed by atoms with Gasteiger partial charge in [-0.25, -0.2) is 0 Å². The van der Waals surface area contributed by atoms with E-state index in [1.807, 2.05) is 6.92 Å². The van der Waals surface area contributed by atoms with Crippen molar-refractivity contribution < 1.29 is 9.59 Å². The molecule has 4 heteroatoms. The quantitative estimate of drug-likeness (QED) is 0.672. The summed E-state index contributed by atoms with van der Waals surface area (Å²) in [4.78, 5) is 27.7. The van der Waals surface area contributed by atoms with Crippen molar-refractivity contribution >= 4 is 11.8 Å². The number of likely N-dealkylation sites (tertiary alicyclic amines) is 1. The van der Waals surface area contributed by atoms with E-state index in [1.165, 1.54) is 0 Å². The van der Waals surface area contributed by atoms with Crippen LogP contribution in [-0.2, 0) is 9.59 Å². The van der Waals surface area contributed by atoms with Gasteiger partial charge in [-0.1, -0.05) is 12.2 Å². The first-order valence-corrected chi connectivity index (χ1v) is 6.45. The number of carbonyl (C=O) groups is 2. The molecule has 0 aromatic heterocycles. The first kappa shape index (κ1) is 14.5. The number of hydrogen-bond acceptors (Lipinski definition) is 2. The van der Waals surface area contributed by atoms with E-state index >= 15 is 0 Å². The Morgan fingerprint density at radius 1 is 1.39 bits per heavy atom. The fourth-order valence-electron chi connectivity index (χ4n) is 2.30. The van der Waals surface area contributed by atoms with E-state index in [4.69, 9.17) is 0 Å². The first-order chi connectivity index (χ1) is 8.65. The molecule has 0 unspecified atom stereocenters. The molecule has 0 aromatic rings. The maximum atomic E-state index is 12.3. The lowest BCUT2D eigenvalue weighted by Gasteiger charge is -2.29. The normalized spacial score (nSPS) is 18.5. The molecule has 0 saturated carbocycles. The molecule has 1 fully saturated rings. The van der Waals surface area contributed by atoms with E-state index in [0.29, 0.717) is 26.1 Å². The van der Waals surface area contributed by atoms with Crippen LogP contribution in [0.4, 0.5) is 0 Å². The maximum absolute atomic E-state index is 12.3. The predicted octanol–water partition coefficient (Wildman–Crippen LogP) is 1.59. The van der Waals surface area contributed by atoms with Crippen molar-refractivity contribution in [2.75, 3.05) is 19.6 Å². The monoisotopic (exact) mass is 250 g/mol. The van der Waals surface area contributed by atoms with E-state index in [9.17, 15) is 9.59 Å². The molecule has 0 bridgehead atoms. The Kier molecular flexibility index (Phi) is 5.62. The van der Waals surface area contributed by atoms with Crippen LogP contribution in [0, 0.1) is 0 Å². The third-order valence-corrected chi connectivity index (χ3v) is 3.22. The summed E-state index contributed by atoms with van der Waals surface area (Å²) in [6, 6.07) is -0.294. The SMILES string of the molecule is C=CCC(=O)N1CCC[C@@H]1C(=O)N(CC)CC=C. The summed E-state index contributed by atoms with van der Waals surface area (Å²) in [6.07, 6.45) is 5.26. The molecule has 4 nitrogen and oxygen atoms in total. The van der Waals surface area contributed by atoms with E-state index < -0.39 is 0 Å². The number of rotatable bonds is 6. The van der Waals surface area contributed by atoms with Crippen LogP contribution in [0.1, 0.15) is 26.2 Å². The average molecular weight is 250 g/mol. The molecule has 100 valence electrons. The van der Waals surface area contributed by atoms with Crippen molar-refractivity contribution in [3.05, 3.63) is 25.3 Å². The molecular weight excluding hydrogens is 228 g/mol. The Balaban J connectivity index is 2.73. The van der Waals surface area contributed by atoms with Gasteiger partial charge >= 0.3 is 0 Å². The fourth-order valence-corrected chi connectivity index (χ4v) is 2.30. The van der Waals surface area contributed by atoms with Crippen LogP contribution in [0.2, 0.25) is 0 Å². The molecule has 1 heterocycles. The molecule has 1 rings (SSSR count). The first-order valence-electron chi connectivity index (χ1n) is 6.45. The standard InChI is InChI=1S/C14H22N2O2/c1-4-8-13(17)16-11-7-9-12(16)14(18)15(6-3)10-5-2/h4-5,12H,1-2,6-11H2,3H3/t12-/m1/s1. The van der Waals surface area contributed by atoms with Crippen LogP contribution in [0.5, 0.6) is 0 Å². The smallest absolute Gasteiger partial charge is 0.245 e. The number of carbonyl (C=O) groups excluding carboxylic acids is 2. The molecule has 1 atom stereocenters. The molecule has 0 aliphatic carbocycles. The molecule has 0 aromatic carbocycles. The van der Waals surface area contributed by atoms with Crippen molar-refractivity contribution in [1.29, 1.82) is 0 Å². The number of hydrogen-bond donors (Lipinski definition) is 0. The lowest BCUT2D eigenvalue weighted by Crippen LogP contribution is -2.47. The van der Waals surface area contributed by atoms with Gasteiger partial charge < -0.3 is 9.80 Å². The van der Waals surface area contributed by atoms with Crippen molar-refractivity contribution in [1.82, 2.24) is 9.80 Å². The molecule has 0 radical (unpaired) electrons. The second-order valence-corrected chi connectivity index (χ2v) is 4.40. The zero-order valence-electron chi connectivity index (χ0n) is 11.1. The Bertz CT molecular complexity index is 339. The highest BCUT2D eigenvalue weighted by Crippen LogP contribution is 2.20. The summed E-state index contributed by atoms with van der Waals surface area (Å²) in [5.74, 6) is 0.0304. The molecule has 0 N–H and O–H groups in total. The van der Waals surface area contributed by atoms with Crippen LogP contribution in [0.3, 0.4) is 0 Å². The Hall–Kier alpha value is -1.58. The molecule has 0 spiro atoms. The lowest BCUT2D eigenvalue weighted by molar-refractivity contribution is -0.143. The van der Waals surface area contributed by atoms with Crippen molar-refractivity contribution in [3.63, 3.8) is 0 Å². The predicted molar refractivity (Wildman–Crippen MR) is 72.0 cm³/mol. The minimum Gasteiger partial charge on any atom is -0.337 e. The van der Waals surface area contributed by atoms with Gasteiger partial charge in [0, 0.05) is 26.1 Å². The summed E-state index contributed by atoms with van der Waals surface area (Å²) in [5.41, 5.74) is 0. The average Bonchev–Trinajstić information content (AvgIpc) is 2.84. The second-order valence-electron chi connectivity index (χ2n) is 4.40. The van der Waals surface area contributed by atoms with E-state index in [2.05, 4.69) is 13.2 Å². The fraction of sp³-hybridized carbons (Fsp3) is 0.571. The van der Waals surface area contributed by atoms with Gasteiger partial charge in [0.1, 0.15) is 6.04 Å². The summed E-state index contributed by atoms with van der Waals surface area (Å²) in [6.45, 7) is 11.0. The Morgan fingerprint density at radius 3 is 2.67 bits per heavy atom. The molecular formula is C14H22N2O2. The molecule has 1 aliphatic rings. The zero-order chi connectivity index (χ0) is 13.5. The third-order valence-electron chi connectivity index (χ3n) is 3.22. The van der Waals surface area contributed by atoms with Gasteiger partial charge in [0.25, 0.3) is 0 Å². The largest absolute Gasteiger partial charge is 0.337 e. The maximum Gasteiger partial charge on any atom is 0.245 e. The number of amides is 2. The van der Waals surface area contributed by atoms with Crippen molar-refractivity contribution in [2.24, 2.45) is 0 Å². The van der Waals surface area contributed by atoms with Gasteiger partial charge in [-0.15, -0.1) is 13.2 Å². The van der Waals surface area contributed by atoms with Crippen molar-refractivity contribution in [3.8, 4) is 0 Å². The van der Waals surface area contributed by atoms with Crippen LogP contribution in [-0.4, -0.2) is 47.3 Å². The van der Waals surface area contributed by atoms with Crippen molar-refractivity contribution in [2.45, 2.75) is 32.2 Å². The van der Waals surface area contributed by atoms with Gasteiger partial charge in [0.05, 0.1) is 0 Å². The molecule has 1 saturated heterocycles. The van der Waals surface area contributed by atoms with Gasteiger partial charge in [-0.2, -0.15) is 0 Å². The van der Waals surface area contributed by atoms with Gasteiger partial charge in [-0.05, 0) is 19.8 Å². The number of likely N-dealkylation sites (N-methyl/N-ethyl adjacent to an activating group) is 1. The van der Waals surface area contributed by atoms with Crippen LogP contribution in [0.15, 0.2) is 25.3 Å². The van der Waals surface area contributed by atoms with Crippen LogP contribution >= 0.6 is 0 Å². The molecule has 18 heavy (non-hydrogen) atoms. The lowest BCUT2D eigenvalue weighted by atomic mass is 10.2. The van der Waals surface area contributed by atoms with E-state index in [1.54, 1.807) is 22.0 Å². The minimum atomic E-state index is -0.294. The topological polar surface area (TPSA) is 40.6 Å². The summed E-state index contributed by atoms with van der Waals surface area (Å²) >= 11 is 0. The molecule has 2 amide bonds. The van der Waals surface area contributed by atoms with Crippen LogP contribution in [0.25, 0.3) is 0 Å². The third kappa shape index (κ3) is 3.22. The van der Waals surface area contributed by atoms with Gasteiger partial charge in [0.15, 0.2) is 0 Å². The Labute approximate surface area is 109 Å². The highest BCUT2D eigenvalue weighted by molar-refractivity contribution is 5.88.